The van der Waals surface area contributed by atoms with E-state index in [9.17, 15) is 4.79 Å². The number of hydrogen-bond donors (Lipinski definition) is 0. The van der Waals surface area contributed by atoms with E-state index in [1.54, 1.807) is 18.2 Å². The lowest BCUT2D eigenvalue weighted by molar-refractivity contribution is -0.137. The number of hydrogen-bond acceptors (Lipinski definition) is 4. The molecule has 2 heterocycles. The van der Waals surface area contributed by atoms with E-state index in [0.717, 1.165) is 25.9 Å². The van der Waals surface area contributed by atoms with Gasteiger partial charge in [0.2, 0.25) is 5.91 Å². The van der Waals surface area contributed by atoms with Crippen molar-refractivity contribution in [3.05, 3.63) is 28.2 Å². The van der Waals surface area contributed by atoms with Crippen LogP contribution in [-0.4, -0.2) is 50.0 Å². The maximum atomic E-state index is 12.3. The van der Waals surface area contributed by atoms with Crippen molar-refractivity contribution in [1.82, 2.24) is 4.90 Å². The molecule has 0 bridgehead atoms. The van der Waals surface area contributed by atoms with Gasteiger partial charge in [-0.05, 0) is 25.0 Å². The Morgan fingerprint density at radius 3 is 2.62 bits per heavy atom. The van der Waals surface area contributed by atoms with Crippen LogP contribution < -0.4 is 4.74 Å². The van der Waals surface area contributed by atoms with Gasteiger partial charge in [-0.15, -0.1) is 0 Å². The summed E-state index contributed by atoms with van der Waals surface area (Å²) in [5.41, 5.74) is 0. The van der Waals surface area contributed by atoms with E-state index in [1.807, 2.05) is 4.90 Å². The minimum absolute atomic E-state index is 0.0874. The third kappa shape index (κ3) is 4.33. The molecule has 0 unspecified atom stereocenters. The third-order valence-electron chi connectivity index (χ3n) is 4.41. The van der Waals surface area contributed by atoms with Crippen LogP contribution in [-0.2, 0) is 14.3 Å². The molecule has 2 fully saturated rings. The van der Waals surface area contributed by atoms with Crippen LogP contribution in [0.1, 0.15) is 19.3 Å². The molecule has 0 aromatic heterocycles. The smallest absolute Gasteiger partial charge is 0.225 e. The molecule has 5 nitrogen and oxygen atoms in total. The highest BCUT2D eigenvalue weighted by Crippen LogP contribution is 2.31. The molecule has 7 heteroatoms. The van der Waals surface area contributed by atoms with Crippen LogP contribution in [0.3, 0.4) is 0 Å². The summed E-state index contributed by atoms with van der Waals surface area (Å²) < 4.78 is 16.7. The van der Waals surface area contributed by atoms with Crippen LogP contribution in [0.4, 0.5) is 0 Å². The minimum atomic E-state index is -0.0874. The lowest BCUT2D eigenvalue weighted by Gasteiger charge is -2.33. The van der Waals surface area contributed by atoms with Crippen molar-refractivity contribution in [3.8, 4) is 5.75 Å². The van der Waals surface area contributed by atoms with Gasteiger partial charge >= 0.3 is 0 Å². The summed E-state index contributed by atoms with van der Waals surface area (Å²) in [4.78, 5) is 14.2. The largest absolute Gasteiger partial charge is 0.491 e. The Kier molecular flexibility index (Phi) is 6.22. The average Bonchev–Trinajstić information content (AvgIpc) is 3.13. The van der Waals surface area contributed by atoms with Gasteiger partial charge in [0.25, 0.3) is 0 Å². The highest BCUT2D eigenvalue weighted by Gasteiger charge is 2.31. The summed E-state index contributed by atoms with van der Waals surface area (Å²) >= 11 is 12.0. The Morgan fingerprint density at radius 2 is 1.92 bits per heavy atom. The first-order valence-electron chi connectivity index (χ1n) is 8.23. The van der Waals surface area contributed by atoms with E-state index in [1.165, 1.54) is 0 Å². The van der Waals surface area contributed by atoms with Crippen LogP contribution in [0.2, 0.25) is 10.0 Å². The number of ether oxygens (including phenoxy) is 3. The van der Waals surface area contributed by atoms with Crippen molar-refractivity contribution in [2.24, 2.45) is 5.92 Å². The van der Waals surface area contributed by atoms with Crippen molar-refractivity contribution < 1.29 is 19.0 Å². The van der Waals surface area contributed by atoms with Gasteiger partial charge in [0.15, 0.2) is 6.29 Å². The lowest BCUT2D eigenvalue weighted by Crippen LogP contribution is -2.41. The Hall–Kier alpha value is -1.01. The Morgan fingerprint density at radius 1 is 1.21 bits per heavy atom. The molecule has 1 amide bonds. The van der Waals surface area contributed by atoms with Gasteiger partial charge in [-0.2, -0.15) is 0 Å². The van der Waals surface area contributed by atoms with E-state index in [0.29, 0.717) is 41.3 Å². The Balaban J connectivity index is 1.40. The van der Waals surface area contributed by atoms with Gasteiger partial charge in [0, 0.05) is 19.0 Å². The number of piperidine rings is 1. The number of nitrogens with zero attached hydrogens (tertiary/aromatic N) is 1. The summed E-state index contributed by atoms with van der Waals surface area (Å²) in [7, 11) is 0. The van der Waals surface area contributed by atoms with Gasteiger partial charge in [-0.3, -0.25) is 4.79 Å². The predicted octanol–water partition coefficient (Wildman–Crippen LogP) is 3.37. The monoisotopic (exact) mass is 373 g/mol. The second-order valence-electron chi connectivity index (χ2n) is 5.98. The van der Waals surface area contributed by atoms with Crippen LogP contribution in [0.25, 0.3) is 0 Å². The number of carbonyl (C=O) groups is 1. The average molecular weight is 374 g/mol. The molecular weight excluding hydrogens is 353 g/mol. The van der Waals surface area contributed by atoms with Crippen LogP contribution in [0.5, 0.6) is 5.75 Å². The van der Waals surface area contributed by atoms with Gasteiger partial charge in [0.1, 0.15) is 10.8 Å². The molecule has 0 saturated carbocycles. The summed E-state index contributed by atoms with van der Waals surface area (Å²) in [6.45, 7) is 3.11. The summed E-state index contributed by atoms with van der Waals surface area (Å²) in [6.07, 6.45) is 2.06. The lowest BCUT2D eigenvalue weighted by atomic mass is 9.96. The number of benzene rings is 1. The van der Waals surface area contributed by atoms with Crippen LogP contribution in [0.15, 0.2) is 18.2 Å². The predicted molar refractivity (Wildman–Crippen MR) is 91.6 cm³/mol. The van der Waals surface area contributed by atoms with Gasteiger partial charge < -0.3 is 19.1 Å². The SMILES string of the molecule is O=C(CCOc1cccc(Cl)c1Cl)N1CCC(C2OCCO2)CC1. The Bertz CT molecular complexity index is 570. The zero-order chi connectivity index (χ0) is 16.9. The quantitative estimate of drug-likeness (QED) is 0.793. The first-order chi connectivity index (χ1) is 11.6. The van der Waals surface area contributed by atoms with Crippen molar-refractivity contribution in [3.63, 3.8) is 0 Å². The molecule has 3 rings (SSSR count). The van der Waals surface area contributed by atoms with Crippen molar-refractivity contribution in [2.45, 2.75) is 25.6 Å². The fourth-order valence-corrected chi connectivity index (χ4v) is 3.42. The molecule has 1 aromatic carbocycles. The summed E-state index contributed by atoms with van der Waals surface area (Å²) in [6, 6.07) is 5.21. The highest BCUT2D eigenvalue weighted by atomic mass is 35.5. The van der Waals surface area contributed by atoms with Gasteiger partial charge in [-0.25, -0.2) is 0 Å². The van der Waals surface area contributed by atoms with E-state index in [-0.39, 0.29) is 18.8 Å². The second-order valence-corrected chi connectivity index (χ2v) is 6.76. The first kappa shape index (κ1) is 17.8. The fraction of sp³-hybridized carbons (Fsp3) is 0.588. The minimum Gasteiger partial charge on any atom is -0.491 e. The van der Waals surface area contributed by atoms with E-state index in [2.05, 4.69) is 0 Å². The molecule has 0 atom stereocenters. The topological polar surface area (TPSA) is 48.0 Å². The number of amides is 1. The molecule has 132 valence electrons. The van der Waals surface area contributed by atoms with Crippen molar-refractivity contribution in [2.75, 3.05) is 32.9 Å². The van der Waals surface area contributed by atoms with Crippen molar-refractivity contribution >= 4 is 29.1 Å². The number of carbonyl (C=O) groups excluding carboxylic acids is 1. The zero-order valence-corrected chi connectivity index (χ0v) is 14.9. The molecule has 0 N–H and O–H groups in total. The molecule has 0 aliphatic carbocycles. The zero-order valence-electron chi connectivity index (χ0n) is 13.4. The molecule has 0 radical (unpaired) electrons. The molecule has 24 heavy (non-hydrogen) atoms. The standard InChI is InChI=1S/C17H21Cl2NO4/c18-13-2-1-3-14(16(13)19)22-9-6-15(21)20-7-4-12(5-8-20)17-23-10-11-24-17/h1-3,12,17H,4-11H2. The maximum Gasteiger partial charge on any atom is 0.225 e. The number of halogens is 2. The Labute approximate surface area is 151 Å². The summed E-state index contributed by atoms with van der Waals surface area (Å²) in [5.74, 6) is 0.990. The fourth-order valence-electron chi connectivity index (χ4n) is 3.07. The van der Waals surface area contributed by atoms with Crippen LogP contribution in [0, 0.1) is 5.92 Å². The van der Waals surface area contributed by atoms with E-state index in [4.69, 9.17) is 37.4 Å². The normalized spacial score (nSPS) is 19.7. The van der Waals surface area contributed by atoms with Crippen molar-refractivity contribution in [1.29, 1.82) is 0 Å². The maximum absolute atomic E-state index is 12.3. The number of rotatable bonds is 5. The number of likely N-dealkylation sites (tertiary alicyclic amines) is 1. The third-order valence-corrected chi connectivity index (χ3v) is 5.22. The molecule has 2 saturated heterocycles. The van der Waals surface area contributed by atoms with Gasteiger partial charge in [-0.1, -0.05) is 29.3 Å². The van der Waals surface area contributed by atoms with E-state index < -0.39 is 0 Å². The first-order valence-corrected chi connectivity index (χ1v) is 8.98. The molecular formula is C17H21Cl2NO4. The molecule has 0 spiro atoms. The highest BCUT2D eigenvalue weighted by molar-refractivity contribution is 6.42. The molecule has 1 aromatic rings. The second kappa shape index (κ2) is 8.39. The van der Waals surface area contributed by atoms with Crippen LogP contribution >= 0.6 is 23.2 Å². The molecule has 2 aliphatic rings. The van der Waals surface area contributed by atoms with Gasteiger partial charge in [0.05, 0.1) is 31.3 Å². The molecule has 2 aliphatic heterocycles. The summed E-state index contributed by atoms with van der Waals surface area (Å²) in [5, 5.41) is 0.822. The van der Waals surface area contributed by atoms with E-state index >= 15 is 0 Å².